The second-order valence-electron chi connectivity index (χ2n) is 8.59. The molecule has 0 aliphatic carbocycles. The minimum atomic E-state index is 0.722. The van der Waals surface area contributed by atoms with E-state index in [4.69, 9.17) is 4.52 Å². The minimum Gasteiger partial charge on any atom is -0.339 e. The van der Waals surface area contributed by atoms with Gasteiger partial charge in [0.25, 0.3) is 0 Å². The summed E-state index contributed by atoms with van der Waals surface area (Å²) in [4.78, 5) is 7.13. The molecule has 1 aromatic heterocycles. The Labute approximate surface area is 177 Å². The summed E-state index contributed by atoms with van der Waals surface area (Å²) in [5.41, 5.74) is 2.47. The molecule has 0 bridgehead atoms. The quantitative estimate of drug-likeness (QED) is 0.344. The van der Waals surface area contributed by atoms with Gasteiger partial charge < -0.3 is 9.42 Å². The standard InChI is InChI=1S/C25H39N3O/c1-2-3-4-5-6-7-8-9-13-22-15-17-23(18-16-22)25-26-24(29-27-25)14-12-21-28-19-10-11-20-28/h15-18H,2-14,19-21H2,1H3. The topological polar surface area (TPSA) is 42.2 Å². The van der Waals surface area contributed by atoms with E-state index in [2.05, 4.69) is 46.2 Å². The van der Waals surface area contributed by atoms with Crippen LogP contribution in [0.4, 0.5) is 0 Å². The summed E-state index contributed by atoms with van der Waals surface area (Å²) in [7, 11) is 0. The molecule has 0 spiro atoms. The van der Waals surface area contributed by atoms with Crippen LogP contribution < -0.4 is 0 Å². The van der Waals surface area contributed by atoms with E-state index in [0.717, 1.165) is 36.7 Å². The molecule has 1 aliphatic heterocycles. The molecule has 0 saturated carbocycles. The highest BCUT2D eigenvalue weighted by Gasteiger charge is 2.12. The fourth-order valence-electron chi connectivity index (χ4n) is 4.22. The van der Waals surface area contributed by atoms with E-state index in [1.54, 1.807) is 0 Å². The second kappa shape index (κ2) is 12.8. The van der Waals surface area contributed by atoms with Gasteiger partial charge in [0.15, 0.2) is 0 Å². The summed E-state index contributed by atoms with van der Waals surface area (Å²) in [6, 6.07) is 8.72. The predicted octanol–water partition coefficient (Wildman–Crippen LogP) is 6.45. The lowest BCUT2D eigenvalue weighted by Crippen LogP contribution is -2.20. The van der Waals surface area contributed by atoms with E-state index in [1.807, 2.05) is 0 Å². The Balaban J connectivity index is 1.33. The number of hydrogen-bond donors (Lipinski definition) is 0. The molecular formula is C25H39N3O. The van der Waals surface area contributed by atoms with E-state index < -0.39 is 0 Å². The first-order valence-corrected chi connectivity index (χ1v) is 12.0. The van der Waals surface area contributed by atoms with Crippen LogP contribution in [0.1, 0.15) is 89.0 Å². The van der Waals surface area contributed by atoms with Gasteiger partial charge in [-0.1, -0.05) is 81.3 Å². The second-order valence-corrected chi connectivity index (χ2v) is 8.59. The van der Waals surface area contributed by atoms with Crippen molar-refractivity contribution in [2.45, 2.75) is 90.4 Å². The Hall–Kier alpha value is -1.68. The average Bonchev–Trinajstić information content (AvgIpc) is 3.43. The van der Waals surface area contributed by atoms with Crippen LogP contribution >= 0.6 is 0 Å². The number of rotatable bonds is 14. The molecule has 4 heteroatoms. The Bertz CT molecular complexity index is 674. The SMILES string of the molecule is CCCCCCCCCCc1ccc(-c2noc(CCCN3CCCC3)n2)cc1. The first kappa shape index (κ1) is 22.0. The molecule has 0 N–H and O–H groups in total. The van der Waals surface area contributed by atoms with Crippen molar-refractivity contribution in [2.75, 3.05) is 19.6 Å². The van der Waals surface area contributed by atoms with Crippen molar-refractivity contribution < 1.29 is 4.52 Å². The largest absolute Gasteiger partial charge is 0.339 e. The van der Waals surface area contributed by atoms with Gasteiger partial charge in [-0.2, -0.15) is 4.98 Å². The summed E-state index contributed by atoms with van der Waals surface area (Å²) in [5.74, 6) is 1.49. The van der Waals surface area contributed by atoms with Crippen molar-refractivity contribution in [3.8, 4) is 11.4 Å². The number of hydrogen-bond acceptors (Lipinski definition) is 4. The van der Waals surface area contributed by atoms with Crippen LogP contribution in [0.25, 0.3) is 11.4 Å². The van der Waals surface area contributed by atoms with Gasteiger partial charge in [0.1, 0.15) is 0 Å². The summed E-state index contributed by atoms with van der Waals surface area (Å²) in [6.07, 6.45) is 16.8. The minimum absolute atomic E-state index is 0.722. The lowest BCUT2D eigenvalue weighted by Gasteiger charge is -2.12. The van der Waals surface area contributed by atoms with Gasteiger partial charge in [-0.25, -0.2) is 0 Å². The van der Waals surface area contributed by atoms with E-state index in [1.165, 1.54) is 89.3 Å². The zero-order valence-electron chi connectivity index (χ0n) is 18.4. The number of aromatic nitrogens is 2. The lowest BCUT2D eigenvalue weighted by molar-refractivity contribution is 0.319. The molecule has 160 valence electrons. The van der Waals surface area contributed by atoms with Crippen LogP contribution in [0, 0.1) is 0 Å². The molecule has 0 atom stereocenters. The van der Waals surface area contributed by atoms with Crippen molar-refractivity contribution in [3.63, 3.8) is 0 Å². The molecular weight excluding hydrogens is 358 g/mol. The third kappa shape index (κ3) is 7.93. The van der Waals surface area contributed by atoms with Gasteiger partial charge in [0, 0.05) is 12.0 Å². The predicted molar refractivity (Wildman–Crippen MR) is 120 cm³/mol. The van der Waals surface area contributed by atoms with Crippen LogP contribution in [0.2, 0.25) is 0 Å². The zero-order chi connectivity index (χ0) is 20.2. The Morgan fingerprint density at radius 3 is 2.24 bits per heavy atom. The maximum absolute atomic E-state index is 5.46. The monoisotopic (exact) mass is 397 g/mol. The van der Waals surface area contributed by atoms with Crippen molar-refractivity contribution in [2.24, 2.45) is 0 Å². The maximum atomic E-state index is 5.46. The molecule has 1 aliphatic rings. The Morgan fingerprint density at radius 2 is 1.52 bits per heavy atom. The van der Waals surface area contributed by atoms with Gasteiger partial charge in [0.05, 0.1) is 0 Å². The van der Waals surface area contributed by atoms with Gasteiger partial charge >= 0.3 is 0 Å². The Morgan fingerprint density at radius 1 is 0.828 bits per heavy atom. The molecule has 2 heterocycles. The molecule has 1 saturated heterocycles. The van der Waals surface area contributed by atoms with Crippen molar-refractivity contribution in [3.05, 3.63) is 35.7 Å². The number of benzene rings is 1. The first-order valence-electron chi connectivity index (χ1n) is 12.0. The molecule has 0 radical (unpaired) electrons. The third-order valence-electron chi connectivity index (χ3n) is 6.06. The summed E-state index contributed by atoms with van der Waals surface area (Å²) in [6.45, 7) is 5.92. The van der Waals surface area contributed by atoms with Crippen molar-refractivity contribution in [1.82, 2.24) is 15.0 Å². The van der Waals surface area contributed by atoms with E-state index in [0.29, 0.717) is 0 Å². The number of aryl methyl sites for hydroxylation is 2. The van der Waals surface area contributed by atoms with Crippen LogP contribution in [-0.2, 0) is 12.8 Å². The molecule has 1 fully saturated rings. The number of unbranched alkanes of at least 4 members (excludes halogenated alkanes) is 7. The molecule has 2 aromatic rings. The van der Waals surface area contributed by atoms with Crippen LogP contribution in [-0.4, -0.2) is 34.7 Å². The number of likely N-dealkylation sites (tertiary alicyclic amines) is 1. The fourth-order valence-corrected chi connectivity index (χ4v) is 4.22. The summed E-state index contributed by atoms with van der Waals surface area (Å²) < 4.78 is 5.46. The molecule has 29 heavy (non-hydrogen) atoms. The smallest absolute Gasteiger partial charge is 0.227 e. The maximum Gasteiger partial charge on any atom is 0.227 e. The van der Waals surface area contributed by atoms with Crippen molar-refractivity contribution >= 4 is 0 Å². The van der Waals surface area contributed by atoms with Gasteiger partial charge in [-0.05, 0) is 57.3 Å². The van der Waals surface area contributed by atoms with Gasteiger partial charge in [-0.15, -0.1) is 0 Å². The zero-order valence-corrected chi connectivity index (χ0v) is 18.4. The molecule has 0 unspecified atom stereocenters. The molecule has 4 nitrogen and oxygen atoms in total. The summed E-state index contributed by atoms with van der Waals surface area (Å²) >= 11 is 0. The van der Waals surface area contributed by atoms with Gasteiger partial charge in [-0.3, -0.25) is 0 Å². The van der Waals surface area contributed by atoms with Crippen molar-refractivity contribution in [1.29, 1.82) is 0 Å². The van der Waals surface area contributed by atoms with Crippen LogP contribution in [0.3, 0.4) is 0 Å². The average molecular weight is 398 g/mol. The number of nitrogens with zero attached hydrogens (tertiary/aromatic N) is 3. The highest BCUT2D eigenvalue weighted by Crippen LogP contribution is 2.19. The molecule has 0 amide bonds. The Kier molecular flexibility index (Phi) is 9.71. The highest BCUT2D eigenvalue weighted by atomic mass is 16.5. The lowest BCUT2D eigenvalue weighted by atomic mass is 10.0. The molecule has 3 rings (SSSR count). The van der Waals surface area contributed by atoms with Crippen LogP contribution in [0.15, 0.2) is 28.8 Å². The normalized spacial score (nSPS) is 14.7. The highest BCUT2D eigenvalue weighted by molar-refractivity contribution is 5.54. The van der Waals surface area contributed by atoms with E-state index in [9.17, 15) is 0 Å². The molecule has 1 aromatic carbocycles. The van der Waals surface area contributed by atoms with E-state index in [-0.39, 0.29) is 0 Å². The fraction of sp³-hybridized carbons (Fsp3) is 0.680. The first-order chi connectivity index (χ1) is 14.3. The van der Waals surface area contributed by atoms with E-state index >= 15 is 0 Å². The third-order valence-corrected chi connectivity index (χ3v) is 6.06. The van der Waals surface area contributed by atoms with Gasteiger partial charge in [0.2, 0.25) is 11.7 Å². The summed E-state index contributed by atoms with van der Waals surface area (Å²) in [5, 5.41) is 4.18. The van der Waals surface area contributed by atoms with Crippen LogP contribution in [0.5, 0.6) is 0 Å².